The zero-order chi connectivity index (χ0) is 16.2. The fourth-order valence-corrected chi connectivity index (χ4v) is 2.74. The Balaban J connectivity index is 2.68. The maximum absolute atomic E-state index is 12.7. The van der Waals surface area contributed by atoms with Gasteiger partial charge in [0.05, 0.1) is 17.7 Å². The van der Waals surface area contributed by atoms with E-state index in [0.29, 0.717) is 21.7 Å². The van der Waals surface area contributed by atoms with E-state index in [2.05, 4.69) is 10.4 Å². The maximum atomic E-state index is 12.7. The van der Waals surface area contributed by atoms with Crippen LogP contribution >= 0.6 is 11.8 Å². The third-order valence-electron chi connectivity index (χ3n) is 3.12. The summed E-state index contributed by atoms with van der Waals surface area (Å²) in [4.78, 5) is 11.9. The number of aliphatic hydroxyl groups is 1. The zero-order valence-electron chi connectivity index (χ0n) is 12.6. The number of amides is 1. The molecule has 0 fully saturated rings. The molecule has 1 rings (SSSR count). The van der Waals surface area contributed by atoms with Crippen molar-refractivity contribution in [2.24, 2.45) is 0 Å². The van der Waals surface area contributed by atoms with E-state index in [4.69, 9.17) is 0 Å². The van der Waals surface area contributed by atoms with Crippen LogP contribution in [0.25, 0.3) is 0 Å². The van der Waals surface area contributed by atoms with Crippen molar-refractivity contribution in [1.29, 1.82) is 0 Å². The number of carbonyl (C=O) groups excluding carboxylic acids is 1. The predicted octanol–water partition coefficient (Wildman–Crippen LogP) is 1.67. The van der Waals surface area contributed by atoms with Crippen LogP contribution in [-0.4, -0.2) is 44.9 Å². The van der Waals surface area contributed by atoms with Crippen molar-refractivity contribution in [2.45, 2.75) is 39.3 Å². The van der Waals surface area contributed by atoms with Crippen LogP contribution in [0.5, 0.6) is 0 Å². The highest BCUT2D eigenvalue weighted by atomic mass is 32.2. The Kier molecular flexibility index (Phi) is 6.15. The summed E-state index contributed by atoms with van der Waals surface area (Å²) in [5.74, 6) is 0.172. The molecule has 0 aromatic carbocycles. The van der Waals surface area contributed by atoms with E-state index in [1.807, 2.05) is 6.26 Å². The second kappa shape index (κ2) is 7.22. The largest absolute Gasteiger partial charge is 0.387 e. The van der Waals surface area contributed by atoms with Gasteiger partial charge < -0.3 is 10.4 Å². The van der Waals surface area contributed by atoms with Gasteiger partial charge >= 0.3 is 6.55 Å². The van der Waals surface area contributed by atoms with Crippen LogP contribution in [0, 0.1) is 13.8 Å². The first-order valence-electron chi connectivity index (χ1n) is 6.48. The highest BCUT2D eigenvalue weighted by Gasteiger charge is 2.22. The van der Waals surface area contributed by atoms with E-state index in [1.165, 1.54) is 18.7 Å². The minimum absolute atomic E-state index is 0.0280. The first-order valence-corrected chi connectivity index (χ1v) is 7.88. The van der Waals surface area contributed by atoms with Crippen molar-refractivity contribution in [3.8, 4) is 0 Å². The summed E-state index contributed by atoms with van der Waals surface area (Å²) >= 11 is 1.48. The van der Waals surface area contributed by atoms with Crippen molar-refractivity contribution in [2.75, 3.05) is 18.6 Å². The number of rotatable bonds is 7. The molecule has 8 heteroatoms. The molecule has 0 saturated carbocycles. The van der Waals surface area contributed by atoms with Gasteiger partial charge in [0.2, 0.25) is 5.91 Å². The lowest BCUT2D eigenvalue weighted by Crippen LogP contribution is -2.43. The van der Waals surface area contributed by atoms with Gasteiger partial charge in [-0.3, -0.25) is 4.79 Å². The standard InChI is InChI=1S/C13H21F2N3O2S/c1-8-10(9(2)18(17-8)12(14)15)5-11(19)16-6-13(3,20)7-21-4/h12,20H,5-7H2,1-4H3,(H,16,19). The number of hydrogen-bond acceptors (Lipinski definition) is 4. The van der Waals surface area contributed by atoms with E-state index < -0.39 is 12.2 Å². The van der Waals surface area contributed by atoms with Crippen LogP contribution in [0.3, 0.4) is 0 Å². The molecule has 0 aliphatic rings. The summed E-state index contributed by atoms with van der Waals surface area (Å²) in [6, 6.07) is 0. The smallest absolute Gasteiger partial charge is 0.333 e. The number of nitrogens with one attached hydrogen (secondary N) is 1. The minimum atomic E-state index is -2.72. The average molecular weight is 321 g/mol. The molecule has 0 radical (unpaired) electrons. The van der Waals surface area contributed by atoms with Crippen LogP contribution in [-0.2, 0) is 11.2 Å². The number of hydrogen-bond donors (Lipinski definition) is 2. The van der Waals surface area contributed by atoms with Gasteiger partial charge in [0.1, 0.15) is 0 Å². The number of thioether (sulfide) groups is 1. The Bertz CT molecular complexity index is 504. The molecule has 0 bridgehead atoms. The van der Waals surface area contributed by atoms with Crippen molar-refractivity contribution in [3.63, 3.8) is 0 Å². The molecule has 1 unspecified atom stereocenters. The number of carbonyl (C=O) groups is 1. The molecule has 1 heterocycles. The molecule has 1 atom stereocenters. The second-order valence-electron chi connectivity index (χ2n) is 5.26. The summed E-state index contributed by atoms with van der Waals surface area (Å²) in [5, 5.41) is 16.3. The van der Waals surface area contributed by atoms with E-state index in [0.717, 1.165) is 0 Å². The van der Waals surface area contributed by atoms with Gasteiger partial charge in [0.15, 0.2) is 0 Å². The van der Waals surface area contributed by atoms with Crippen molar-refractivity contribution in [1.82, 2.24) is 15.1 Å². The highest BCUT2D eigenvalue weighted by Crippen LogP contribution is 2.19. The Morgan fingerprint density at radius 3 is 2.62 bits per heavy atom. The lowest BCUT2D eigenvalue weighted by molar-refractivity contribution is -0.121. The molecule has 21 heavy (non-hydrogen) atoms. The number of aromatic nitrogens is 2. The molecule has 120 valence electrons. The molecule has 1 amide bonds. The highest BCUT2D eigenvalue weighted by molar-refractivity contribution is 7.98. The molecule has 1 aromatic heterocycles. The number of alkyl halides is 2. The Hall–Kier alpha value is -1.15. The van der Waals surface area contributed by atoms with Crippen molar-refractivity contribution in [3.05, 3.63) is 17.0 Å². The van der Waals surface area contributed by atoms with Crippen molar-refractivity contribution < 1.29 is 18.7 Å². The fraction of sp³-hybridized carbons (Fsp3) is 0.692. The van der Waals surface area contributed by atoms with Gasteiger partial charge in [-0.15, -0.1) is 0 Å². The lowest BCUT2D eigenvalue weighted by atomic mass is 10.1. The van der Waals surface area contributed by atoms with Gasteiger partial charge in [-0.1, -0.05) is 0 Å². The normalized spacial score (nSPS) is 14.3. The van der Waals surface area contributed by atoms with Gasteiger partial charge in [-0.25, -0.2) is 4.68 Å². The summed E-state index contributed by atoms with van der Waals surface area (Å²) < 4.78 is 26.0. The van der Waals surface area contributed by atoms with E-state index >= 15 is 0 Å². The van der Waals surface area contributed by atoms with Crippen LogP contribution < -0.4 is 5.32 Å². The number of aryl methyl sites for hydroxylation is 1. The first-order chi connectivity index (χ1) is 9.68. The first kappa shape index (κ1) is 17.9. The summed E-state index contributed by atoms with van der Waals surface area (Å²) in [7, 11) is 0. The average Bonchev–Trinajstić information content (AvgIpc) is 2.64. The molecular weight excluding hydrogens is 300 g/mol. The van der Waals surface area contributed by atoms with Crippen molar-refractivity contribution >= 4 is 17.7 Å². The maximum Gasteiger partial charge on any atom is 0.333 e. The van der Waals surface area contributed by atoms with E-state index in [-0.39, 0.29) is 24.6 Å². The Morgan fingerprint density at radius 1 is 1.52 bits per heavy atom. The molecule has 5 nitrogen and oxygen atoms in total. The fourth-order valence-electron chi connectivity index (χ4n) is 2.02. The molecule has 0 spiro atoms. The Labute approximate surface area is 127 Å². The number of halogens is 2. The molecule has 0 aliphatic carbocycles. The minimum Gasteiger partial charge on any atom is -0.387 e. The van der Waals surface area contributed by atoms with Gasteiger partial charge in [-0.05, 0) is 27.0 Å². The molecule has 1 aromatic rings. The molecule has 2 N–H and O–H groups in total. The SMILES string of the molecule is CSCC(C)(O)CNC(=O)Cc1c(C)nn(C(F)F)c1C. The van der Waals surface area contributed by atoms with E-state index in [1.54, 1.807) is 13.8 Å². The zero-order valence-corrected chi connectivity index (χ0v) is 13.4. The quantitative estimate of drug-likeness (QED) is 0.802. The predicted molar refractivity (Wildman–Crippen MR) is 78.7 cm³/mol. The van der Waals surface area contributed by atoms with Crippen LogP contribution in [0.4, 0.5) is 8.78 Å². The monoisotopic (exact) mass is 321 g/mol. The topological polar surface area (TPSA) is 67.2 Å². The van der Waals surface area contributed by atoms with E-state index in [9.17, 15) is 18.7 Å². The summed E-state index contributed by atoms with van der Waals surface area (Å²) in [5.41, 5.74) is 0.205. The second-order valence-corrected chi connectivity index (χ2v) is 6.12. The molecule has 0 saturated heterocycles. The third-order valence-corrected chi connectivity index (χ3v) is 4.03. The summed E-state index contributed by atoms with van der Waals surface area (Å²) in [6.45, 7) is 2.14. The van der Waals surface area contributed by atoms with Crippen LogP contribution in [0.2, 0.25) is 0 Å². The summed E-state index contributed by atoms with van der Waals surface area (Å²) in [6.07, 6.45) is 1.83. The third kappa shape index (κ3) is 4.96. The Morgan fingerprint density at radius 2 is 2.14 bits per heavy atom. The lowest BCUT2D eigenvalue weighted by Gasteiger charge is -2.22. The molecule has 0 aliphatic heterocycles. The van der Waals surface area contributed by atoms with Gasteiger partial charge in [-0.2, -0.15) is 25.6 Å². The molecular formula is C13H21F2N3O2S. The van der Waals surface area contributed by atoms with Crippen LogP contribution in [0.1, 0.15) is 30.4 Å². The number of nitrogens with zero attached hydrogens (tertiary/aromatic N) is 2. The van der Waals surface area contributed by atoms with Gasteiger partial charge in [0.25, 0.3) is 0 Å². The van der Waals surface area contributed by atoms with Gasteiger partial charge in [0, 0.05) is 23.6 Å². The van der Waals surface area contributed by atoms with Crippen LogP contribution in [0.15, 0.2) is 0 Å².